The predicted molar refractivity (Wildman–Crippen MR) is 142 cm³/mol. The second kappa shape index (κ2) is 14.0. The maximum atomic E-state index is 14.1. The van der Waals surface area contributed by atoms with Crippen LogP contribution in [0.3, 0.4) is 0 Å². The average Bonchev–Trinajstić information content (AvgIpc) is 2.76. The molecule has 0 radical (unpaired) electrons. The molecule has 3 amide bonds. The molecule has 0 spiro atoms. The lowest BCUT2D eigenvalue weighted by Crippen LogP contribution is -2.57. The molecule has 10 nitrogen and oxygen atoms in total. The van der Waals surface area contributed by atoms with E-state index in [0.29, 0.717) is 12.0 Å². The van der Waals surface area contributed by atoms with Crippen molar-refractivity contribution < 1.29 is 33.8 Å². The van der Waals surface area contributed by atoms with Gasteiger partial charge >= 0.3 is 12.1 Å². The van der Waals surface area contributed by atoms with E-state index in [1.54, 1.807) is 44.7 Å². The van der Waals surface area contributed by atoms with E-state index in [4.69, 9.17) is 9.47 Å². The van der Waals surface area contributed by atoms with Gasteiger partial charge in [-0.1, -0.05) is 26.0 Å². The maximum Gasteiger partial charge on any atom is 0.408 e. The normalized spacial score (nSPS) is 15.1. The lowest BCUT2D eigenvalue weighted by Gasteiger charge is -2.43. The number of carbonyl (C=O) groups is 4. The van der Waals surface area contributed by atoms with Crippen molar-refractivity contribution in [2.24, 2.45) is 5.92 Å². The number of rotatable bonds is 12. The quantitative estimate of drug-likeness (QED) is 0.348. The summed E-state index contributed by atoms with van der Waals surface area (Å²) in [7, 11) is 0. The van der Waals surface area contributed by atoms with Gasteiger partial charge in [-0.15, -0.1) is 0 Å². The second-order valence-corrected chi connectivity index (χ2v) is 11.0. The molecule has 1 fully saturated rings. The van der Waals surface area contributed by atoms with Crippen LogP contribution in [0.25, 0.3) is 0 Å². The summed E-state index contributed by atoms with van der Waals surface area (Å²) >= 11 is 0. The van der Waals surface area contributed by atoms with Gasteiger partial charge in [0.25, 0.3) is 0 Å². The van der Waals surface area contributed by atoms with Gasteiger partial charge in [-0.2, -0.15) is 0 Å². The zero-order valence-electron chi connectivity index (χ0n) is 23.4. The Kier molecular flexibility index (Phi) is 11.4. The number of carbonyl (C=O) groups excluding carboxylic acids is 4. The zero-order chi connectivity index (χ0) is 28.5. The molecule has 2 unspecified atom stereocenters. The molecular formula is C28H43N3O7. The van der Waals surface area contributed by atoms with Gasteiger partial charge in [0, 0.05) is 12.6 Å². The molecule has 1 aliphatic carbocycles. The SMILES string of the molecule is CCOC(=O)CCNC(=O)C(c1ccc(O)cc1)N(C(=O)C(CC(C)C)NC(=O)OC(C)(C)C)C1CCC1. The predicted octanol–water partition coefficient (Wildman–Crippen LogP) is 3.82. The largest absolute Gasteiger partial charge is 0.508 e. The Morgan fingerprint density at radius 1 is 1.11 bits per heavy atom. The molecule has 1 aliphatic rings. The summed E-state index contributed by atoms with van der Waals surface area (Å²) in [6.07, 6.45) is 2.00. The Balaban J connectivity index is 2.40. The lowest BCUT2D eigenvalue weighted by molar-refractivity contribution is -0.148. The lowest BCUT2D eigenvalue weighted by atomic mass is 9.87. The van der Waals surface area contributed by atoms with Crippen LogP contribution in [0.15, 0.2) is 24.3 Å². The van der Waals surface area contributed by atoms with Crippen molar-refractivity contribution in [1.82, 2.24) is 15.5 Å². The highest BCUT2D eigenvalue weighted by Gasteiger charge is 2.42. The van der Waals surface area contributed by atoms with Gasteiger partial charge in [0.1, 0.15) is 23.4 Å². The third kappa shape index (κ3) is 9.54. The number of esters is 1. The summed E-state index contributed by atoms with van der Waals surface area (Å²) in [6, 6.07) is 3.99. The van der Waals surface area contributed by atoms with Gasteiger partial charge in [0.05, 0.1) is 13.0 Å². The first-order chi connectivity index (χ1) is 17.8. The van der Waals surface area contributed by atoms with Gasteiger partial charge in [-0.05, 0) is 77.0 Å². The van der Waals surface area contributed by atoms with Crippen molar-refractivity contribution in [1.29, 1.82) is 0 Å². The van der Waals surface area contributed by atoms with Crippen LogP contribution < -0.4 is 10.6 Å². The molecule has 3 N–H and O–H groups in total. The minimum absolute atomic E-state index is 0.00454. The molecule has 2 rings (SSSR count). The summed E-state index contributed by atoms with van der Waals surface area (Å²) < 4.78 is 10.3. The van der Waals surface area contributed by atoms with E-state index in [0.717, 1.165) is 19.3 Å². The number of alkyl carbamates (subject to hydrolysis) is 1. The maximum absolute atomic E-state index is 14.1. The number of hydrogen-bond acceptors (Lipinski definition) is 7. The highest BCUT2D eigenvalue weighted by Crippen LogP contribution is 2.34. The molecule has 1 saturated carbocycles. The van der Waals surface area contributed by atoms with E-state index in [1.165, 1.54) is 12.1 Å². The molecule has 212 valence electrons. The molecule has 1 aromatic carbocycles. The van der Waals surface area contributed by atoms with E-state index in [9.17, 15) is 24.3 Å². The molecule has 10 heteroatoms. The van der Waals surface area contributed by atoms with Crippen LogP contribution in [0, 0.1) is 5.92 Å². The van der Waals surface area contributed by atoms with E-state index in [-0.39, 0.29) is 43.2 Å². The van der Waals surface area contributed by atoms with Crippen LogP contribution in [-0.4, -0.2) is 64.7 Å². The van der Waals surface area contributed by atoms with Crippen molar-refractivity contribution >= 4 is 23.9 Å². The summed E-state index contributed by atoms with van der Waals surface area (Å²) in [5.74, 6) is -1.16. The number of ether oxygens (including phenoxy) is 2. The number of aromatic hydroxyl groups is 1. The third-order valence-electron chi connectivity index (χ3n) is 6.09. The van der Waals surface area contributed by atoms with Crippen molar-refractivity contribution in [2.75, 3.05) is 13.2 Å². The topological polar surface area (TPSA) is 134 Å². The van der Waals surface area contributed by atoms with E-state index in [2.05, 4.69) is 10.6 Å². The van der Waals surface area contributed by atoms with Crippen molar-refractivity contribution in [3.63, 3.8) is 0 Å². The number of phenols is 1. The van der Waals surface area contributed by atoms with E-state index >= 15 is 0 Å². The van der Waals surface area contributed by atoms with Gasteiger partial charge in [-0.25, -0.2) is 4.79 Å². The van der Waals surface area contributed by atoms with Gasteiger partial charge < -0.3 is 30.1 Å². The first-order valence-electron chi connectivity index (χ1n) is 13.4. The van der Waals surface area contributed by atoms with Crippen LogP contribution >= 0.6 is 0 Å². The van der Waals surface area contributed by atoms with E-state index < -0.39 is 35.7 Å². The molecule has 38 heavy (non-hydrogen) atoms. The van der Waals surface area contributed by atoms with Crippen LogP contribution in [0.4, 0.5) is 4.79 Å². The highest BCUT2D eigenvalue weighted by molar-refractivity contribution is 5.92. The van der Waals surface area contributed by atoms with Gasteiger partial charge in [0.2, 0.25) is 11.8 Å². The van der Waals surface area contributed by atoms with Crippen LogP contribution in [0.1, 0.15) is 85.3 Å². The molecule has 1 aromatic rings. The number of benzene rings is 1. The van der Waals surface area contributed by atoms with Crippen LogP contribution in [-0.2, 0) is 23.9 Å². The van der Waals surface area contributed by atoms with Crippen molar-refractivity contribution in [3.05, 3.63) is 29.8 Å². The first-order valence-corrected chi connectivity index (χ1v) is 13.4. The first kappa shape index (κ1) is 30.9. The molecule has 2 atom stereocenters. The zero-order valence-corrected chi connectivity index (χ0v) is 23.4. The minimum atomic E-state index is -1.02. The molecule has 0 aliphatic heterocycles. The summed E-state index contributed by atoms with van der Waals surface area (Å²) in [4.78, 5) is 53.7. The summed E-state index contributed by atoms with van der Waals surface area (Å²) in [5.41, 5.74) is -0.228. The Bertz CT molecular complexity index is 952. The average molecular weight is 534 g/mol. The van der Waals surface area contributed by atoms with Crippen LogP contribution in [0.5, 0.6) is 5.75 Å². The smallest absolute Gasteiger partial charge is 0.408 e. The Hall–Kier alpha value is -3.30. The third-order valence-corrected chi connectivity index (χ3v) is 6.09. The summed E-state index contributed by atoms with van der Waals surface area (Å²) in [5, 5.41) is 15.3. The monoisotopic (exact) mass is 533 g/mol. The fourth-order valence-corrected chi connectivity index (χ4v) is 4.22. The minimum Gasteiger partial charge on any atom is -0.508 e. The van der Waals surface area contributed by atoms with Gasteiger partial charge in [-0.3, -0.25) is 14.4 Å². The number of amides is 3. The number of nitrogens with zero attached hydrogens (tertiary/aromatic N) is 1. The van der Waals surface area contributed by atoms with Crippen molar-refractivity contribution in [3.8, 4) is 5.75 Å². The molecule has 0 aromatic heterocycles. The molecular weight excluding hydrogens is 490 g/mol. The fraction of sp³-hybridized carbons (Fsp3) is 0.643. The molecule has 0 heterocycles. The summed E-state index contributed by atoms with van der Waals surface area (Å²) in [6.45, 7) is 11.1. The Morgan fingerprint density at radius 3 is 2.24 bits per heavy atom. The van der Waals surface area contributed by atoms with Crippen LogP contribution in [0.2, 0.25) is 0 Å². The molecule has 0 bridgehead atoms. The standard InChI is InChI=1S/C28H43N3O7/c1-7-37-23(33)15-16-29-25(34)24(19-11-13-21(32)14-12-19)31(20-9-8-10-20)26(35)22(17-18(2)3)30-27(36)38-28(4,5)6/h11-14,18,20,22,24,32H,7-10,15-17H2,1-6H3,(H,29,34)(H,30,36). The number of nitrogens with one attached hydrogen (secondary N) is 2. The number of hydrogen-bond donors (Lipinski definition) is 3. The second-order valence-electron chi connectivity index (χ2n) is 11.0. The Labute approximate surface area is 225 Å². The highest BCUT2D eigenvalue weighted by atomic mass is 16.6. The van der Waals surface area contributed by atoms with Gasteiger partial charge in [0.15, 0.2) is 0 Å². The molecule has 0 saturated heterocycles. The Morgan fingerprint density at radius 2 is 1.74 bits per heavy atom. The number of phenolic OH excluding ortho intramolecular Hbond substituents is 1. The fourth-order valence-electron chi connectivity index (χ4n) is 4.22. The van der Waals surface area contributed by atoms with Crippen molar-refractivity contribution in [2.45, 2.75) is 97.4 Å². The van der Waals surface area contributed by atoms with E-state index in [1.807, 2.05) is 13.8 Å².